The first-order valence-corrected chi connectivity index (χ1v) is 3.60. The van der Waals surface area contributed by atoms with E-state index < -0.39 is 0 Å². The fourth-order valence-corrected chi connectivity index (χ4v) is 0.535. The highest BCUT2D eigenvalue weighted by atomic mass is 79.9. The number of hydrogen-bond acceptors (Lipinski definition) is 0. The summed E-state index contributed by atoms with van der Waals surface area (Å²) in [5.74, 6) is 0. The van der Waals surface area contributed by atoms with E-state index in [2.05, 4.69) is 31.9 Å². The van der Waals surface area contributed by atoms with E-state index in [1.54, 1.807) is 0 Å². The van der Waals surface area contributed by atoms with Crippen LogP contribution in [0.2, 0.25) is 0 Å². The smallest absolute Gasteiger partial charge is 0.0644 e. The van der Waals surface area contributed by atoms with Gasteiger partial charge < -0.3 is 0 Å². The molecule has 0 aromatic heterocycles. The first kappa shape index (κ1) is 6.57. The van der Waals surface area contributed by atoms with Crippen LogP contribution in [-0.2, 0) is 0 Å². The maximum absolute atomic E-state index is 3.22. The summed E-state index contributed by atoms with van der Waals surface area (Å²) in [5, 5.41) is 2.74. The average molecular weight is 213 g/mol. The molecule has 0 atom stereocenters. The van der Waals surface area contributed by atoms with Gasteiger partial charge in [0, 0.05) is 0 Å². The van der Waals surface area contributed by atoms with Crippen molar-refractivity contribution in [3.05, 3.63) is 17.5 Å². The van der Waals surface area contributed by atoms with Gasteiger partial charge in [-0.05, 0) is 0 Å². The molecule has 0 aromatic rings. The van der Waals surface area contributed by atoms with E-state index in [4.69, 9.17) is 0 Å². The van der Waals surface area contributed by atoms with E-state index >= 15 is 0 Å². The second-order valence-corrected chi connectivity index (χ2v) is 1.88. The average Bonchev–Trinajstić information content (AvgIpc) is 1.61. The van der Waals surface area contributed by atoms with E-state index in [0.29, 0.717) is 0 Å². The molecule has 0 aromatic carbocycles. The summed E-state index contributed by atoms with van der Waals surface area (Å²) in [5.41, 5.74) is 0. The Kier molecular flexibility index (Phi) is 6.10. The third kappa shape index (κ3) is 4.57. The van der Waals surface area contributed by atoms with Crippen LogP contribution in [0.4, 0.5) is 0 Å². The van der Waals surface area contributed by atoms with Gasteiger partial charge in [-0.1, -0.05) is 15.9 Å². The lowest BCUT2D eigenvalue weighted by molar-refractivity contribution is 1.79. The number of allylic oxidation sites excluding steroid dienone is 2. The standard InChI is InChI=1S/C4H5Br2/c5-3-1-2-4-6/h1-3H,4H2/q+1/b2-1+. The zero-order valence-corrected chi connectivity index (χ0v) is 6.37. The molecule has 0 radical (unpaired) electrons. The summed E-state index contributed by atoms with van der Waals surface area (Å²) in [6.45, 7) is 0. The highest BCUT2D eigenvalue weighted by molar-refractivity contribution is 9.10. The van der Waals surface area contributed by atoms with Crippen molar-refractivity contribution in [3.8, 4) is 0 Å². The summed E-state index contributed by atoms with van der Waals surface area (Å²) in [6.07, 6.45) is 3.92. The molecule has 0 aliphatic carbocycles. The molecule has 0 rings (SSSR count). The van der Waals surface area contributed by atoms with Crippen LogP contribution in [0.3, 0.4) is 0 Å². The van der Waals surface area contributed by atoms with Crippen molar-refractivity contribution >= 4 is 31.9 Å². The molecule has 34 valence electrons. The Hall–Kier alpha value is 0.570. The van der Waals surface area contributed by atoms with Crippen LogP contribution < -0.4 is 0 Å². The third-order valence-corrected chi connectivity index (χ3v) is 0.977. The predicted octanol–water partition coefficient (Wildman–Crippen LogP) is 2.49. The Labute approximate surface area is 54.9 Å². The molecule has 0 N–H and O–H groups in total. The Balaban J connectivity index is 2.73. The molecular weight excluding hydrogens is 208 g/mol. The van der Waals surface area contributed by atoms with Crippen molar-refractivity contribution in [1.29, 1.82) is 0 Å². The van der Waals surface area contributed by atoms with Crippen molar-refractivity contribution in [3.63, 3.8) is 0 Å². The molecule has 6 heavy (non-hydrogen) atoms. The summed E-state index contributed by atoms with van der Waals surface area (Å²) in [7, 11) is 0. The Morgan fingerprint density at radius 2 is 2.33 bits per heavy atom. The van der Waals surface area contributed by atoms with Crippen molar-refractivity contribution in [1.82, 2.24) is 0 Å². The number of rotatable bonds is 2. The zero-order valence-electron chi connectivity index (χ0n) is 3.20. The zero-order chi connectivity index (χ0) is 4.83. The highest BCUT2D eigenvalue weighted by Gasteiger charge is 1.74. The lowest BCUT2D eigenvalue weighted by Crippen LogP contribution is -1.53. The quantitative estimate of drug-likeness (QED) is 0.488. The molecule has 0 nitrogen and oxygen atoms in total. The summed E-state index contributed by atoms with van der Waals surface area (Å²) in [4.78, 5) is 0. The van der Waals surface area contributed by atoms with Crippen molar-refractivity contribution < 1.29 is 0 Å². The fourth-order valence-electron chi connectivity index (χ4n) is 0.103. The SMILES string of the molecule is Br[CH+]/C=C/CBr. The molecule has 0 fully saturated rings. The molecule has 0 bridgehead atoms. The summed E-state index contributed by atoms with van der Waals surface area (Å²) >= 11 is 6.34. The minimum atomic E-state index is 0.926. The molecule has 0 unspecified atom stereocenters. The Morgan fingerprint density at radius 3 is 2.50 bits per heavy atom. The van der Waals surface area contributed by atoms with Gasteiger partial charge in [0.25, 0.3) is 0 Å². The molecule has 0 heterocycles. The maximum atomic E-state index is 3.22. The molecule has 2 heteroatoms. The number of hydrogen-bond donors (Lipinski definition) is 0. The lowest BCUT2D eigenvalue weighted by Gasteiger charge is -1.58. The fraction of sp³-hybridized carbons (Fsp3) is 0.250. The lowest BCUT2D eigenvalue weighted by atomic mass is 10.6. The highest BCUT2D eigenvalue weighted by Crippen LogP contribution is 1.90. The number of halogens is 2. The van der Waals surface area contributed by atoms with E-state index in [1.165, 1.54) is 0 Å². The van der Waals surface area contributed by atoms with Gasteiger partial charge in [0.2, 0.25) is 0 Å². The van der Waals surface area contributed by atoms with Crippen molar-refractivity contribution in [2.45, 2.75) is 0 Å². The largest absolute Gasteiger partial charge is 0.110 e. The molecular formula is C4H5Br2+. The summed E-state index contributed by atoms with van der Waals surface area (Å²) in [6, 6.07) is 0. The van der Waals surface area contributed by atoms with Gasteiger partial charge >= 0.3 is 0 Å². The van der Waals surface area contributed by atoms with E-state index in [1.807, 2.05) is 17.5 Å². The first-order chi connectivity index (χ1) is 2.91. The molecule has 0 spiro atoms. The molecule has 0 amide bonds. The minimum absolute atomic E-state index is 0.926. The van der Waals surface area contributed by atoms with Crippen LogP contribution in [0.1, 0.15) is 0 Å². The van der Waals surface area contributed by atoms with Crippen molar-refractivity contribution in [2.24, 2.45) is 0 Å². The second-order valence-electron chi connectivity index (χ2n) is 0.708. The number of alkyl halides is 1. The molecule has 0 aliphatic rings. The van der Waals surface area contributed by atoms with Gasteiger partial charge in [-0.25, -0.2) is 0 Å². The molecule has 0 saturated carbocycles. The van der Waals surface area contributed by atoms with Crippen LogP contribution in [-0.4, -0.2) is 5.33 Å². The molecule has 0 saturated heterocycles. The van der Waals surface area contributed by atoms with Crippen LogP contribution in [0.25, 0.3) is 0 Å². The monoisotopic (exact) mass is 211 g/mol. The van der Waals surface area contributed by atoms with E-state index in [-0.39, 0.29) is 0 Å². The van der Waals surface area contributed by atoms with Gasteiger partial charge in [0.1, 0.15) is 11.4 Å². The first-order valence-electron chi connectivity index (χ1n) is 1.56. The topological polar surface area (TPSA) is 0 Å². The van der Waals surface area contributed by atoms with E-state index in [0.717, 1.165) is 5.33 Å². The summed E-state index contributed by atoms with van der Waals surface area (Å²) < 4.78 is 0. The minimum Gasteiger partial charge on any atom is -0.0644 e. The van der Waals surface area contributed by atoms with Crippen LogP contribution in [0.15, 0.2) is 12.2 Å². The second kappa shape index (κ2) is 5.57. The van der Waals surface area contributed by atoms with Gasteiger partial charge in [-0.3, -0.25) is 0 Å². The van der Waals surface area contributed by atoms with Crippen LogP contribution >= 0.6 is 31.9 Å². The molecule has 0 aliphatic heterocycles. The maximum Gasteiger partial charge on any atom is 0.110 e. The Morgan fingerprint density at radius 1 is 1.67 bits per heavy atom. The van der Waals surface area contributed by atoms with Crippen LogP contribution in [0.5, 0.6) is 0 Å². The van der Waals surface area contributed by atoms with Crippen molar-refractivity contribution in [2.75, 3.05) is 5.33 Å². The predicted molar refractivity (Wildman–Crippen MR) is 36.2 cm³/mol. The van der Waals surface area contributed by atoms with Crippen LogP contribution in [0, 0.1) is 5.33 Å². The van der Waals surface area contributed by atoms with Gasteiger partial charge in [0.05, 0.1) is 27.3 Å². The third-order valence-electron chi connectivity index (χ3n) is 0.298. The normalized spacial score (nSPS) is 9.67. The van der Waals surface area contributed by atoms with E-state index in [9.17, 15) is 0 Å². The van der Waals surface area contributed by atoms with Gasteiger partial charge in [-0.15, -0.1) is 0 Å². The Bertz CT molecular complexity index is 34.8. The van der Waals surface area contributed by atoms with Gasteiger partial charge in [0.15, 0.2) is 0 Å². The van der Waals surface area contributed by atoms with Gasteiger partial charge in [-0.2, -0.15) is 0 Å².